The molecule has 0 heterocycles. The monoisotopic (exact) mass is 456 g/mol. The zero-order valence-electron chi connectivity index (χ0n) is 21.2. The van der Waals surface area contributed by atoms with E-state index in [1.165, 1.54) is 12.2 Å². The van der Waals surface area contributed by atoms with Crippen LogP contribution in [0.2, 0.25) is 0 Å². The van der Waals surface area contributed by atoms with Gasteiger partial charge in [-0.25, -0.2) is 0 Å². The number of phenols is 1. The van der Waals surface area contributed by atoms with Gasteiger partial charge in [-0.05, 0) is 76.1 Å². The van der Waals surface area contributed by atoms with Crippen LogP contribution in [0.3, 0.4) is 0 Å². The number of Topliss-reactive ketones (excluding diaryl/α,β-unsaturated/α-hetero) is 1. The number of methoxy groups -OCH3 is 1. The van der Waals surface area contributed by atoms with Crippen molar-refractivity contribution >= 4 is 11.6 Å². The molecule has 0 aliphatic heterocycles. The topological polar surface area (TPSA) is 83.8 Å². The molecule has 33 heavy (non-hydrogen) atoms. The van der Waals surface area contributed by atoms with Crippen molar-refractivity contribution in [3.05, 3.63) is 47.1 Å². The quantitative estimate of drug-likeness (QED) is 0.352. The van der Waals surface area contributed by atoms with E-state index in [4.69, 9.17) is 4.74 Å². The fraction of sp³-hybridized carbons (Fsp3) is 0.571. The average molecular weight is 457 g/mol. The molecule has 1 saturated carbocycles. The molecule has 2 atom stereocenters. The van der Waals surface area contributed by atoms with E-state index in [0.717, 1.165) is 41.7 Å². The molecule has 0 radical (unpaired) electrons. The third-order valence-corrected chi connectivity index (χ3v) is 7.20. The van der Waals surface area contributed by atoms with Crippen LogP contribution in [-0.4, -0.2) is 34.5 Å². The Balaban J connectivity index is 2.10. The van der Waals surface area contributed by atoms with E-state index >= 15 is 0 Å². The first-order valence-corrected chi connectivity index (χ1v) is 11.7. The van der Waals surface area contributed by atoms with Gasteiger partial charge in [-0.1, -0.05) is 38.0 Å². The first-order valence-electron chi connectivity index (χ1n) is 11.7. The SMILES string of the molecule is COc1c(C)cc(O)cc1CC=C(C)CC(=O)C[C@@]1(C)CCC[C@@]1(C)C(=O)C=CC(C)(C)O. The number of hydrogen-bond donors (Lipinski definition) is 2. The van der Waals surface area contributed by atoms with Crippen LogP contribution < -0.4 is 4.74 Å². The van der Waals surface area contributed by atoms with E-state index < -0.39 is 16.4 Å². The van der Waals surface area contributed by atoms with Crippen molar-refractivity contribution in [1.29, 1.82) is 0 Å². The summed E-state index contributed by atoms with van der Waals surface area (Å²) in [6.07, 6.45) is 8.76. The van der Waals surface area contributed by atoms with Gasteiger partial charge in [0.1, 0.15) is 17.3 Å². The van der Waals surface area contributed by atoms with Crippen molar-refractivity contribution in [1.82, 2.24) is 0 Å². The minimum absolute atomic E-state index is 0.0176. The zero-order valence-corrected chi connectivity index (χ0v) is 21.2. The molecule has 1 aliphatic rings. The van der Waals surface area contributed by atoms with Crippen LogP contribution in [-0.2, 0) is 16.0 Å². The Bertz CT molecular complexity index is 950. The van der Waals surface area contributed by atoms with Gasteiger partial charge in [-0.3, -0.25) is 9.59 Å². The Morgan fingerprint density at radius 1 is 1.21 bits per heavy atom. The number of aliphatic hydroxyl groups is 1. The lowest BCUT2D eigenvalue weighted by molar-refractivity contribution is -0.131. The zero-order chi connectivity index (χ0) is 25.0. The maximum absolute atomic E-state index is 13.1. The summed E-state index contributed by atoms with van der Waals surface area (Å²) in [7, 11) is 1.61. The van der Waals surface area contributed by atoms with E-state index in [1.807, 2.05) is 33.8 Å². The molecule has 2 rings (SSSR count). The molecule has 0 bridgehead atoms. The number of phenolic OH excluding ortho intramolecular Hbond substituents is 1. The van der Waals surface area contributed by atoms with E-state index in [9.17, 15) is 19.8 Å². The number of rotatable bonds is 10. The Morgan fingerprint density at radius 3 is 2.48 bits per heavy atom. The molecule has 0 amide bonds. The fourth-order valence-corrected chi connectivity index (χ4v) is 5.01. The van der Waals surface area contributed by atoms with Crippen molar-refractivity contribution in [2.24, 2.45) is 10.8 Å². The second kappa shape index (κ2) is 10.3. The number of aromatic hydroxyl groups is 1. The normalized spacial score (nSPS) is 23.8. The molecule has 1 aromatic rings. The third-order valence-electron chi connectivity index (χ3n) is 7.20. The number of benzene rings is 1. The highest BCUT2D eigenvalue weighted by Crippen LogP contribution is 2.55. The summed E-state index contributed by atoms with van der Waals surface area (Å²) < 4.78 is 5.47. The summed E-state index contributed by atoms with van der Waals surface area (Å²) in [6.45, 7) is 11.1. The van der Waals surface area contributed by atoms with Crippen molar-refractivity contribution in [3.63, 3.8) is 0 Å². The third kappa shape index (κ3) is 6.57. The highest BCUT2D eigenvalue weighted by atomic mass is 16.5. The van der Waals surface area contributed by atoms with Gasteiger partial charge in [-0.2, -0.15) is 0 Å². The van der Waals surface area contributed by atoms with Crippen LogP contribution in [0.1, 0.15) is 77.8 Å². The Hall–Kier alpha value is -2.40. The predicted molar refractivity (Wildman–Crippen MR) is 132 cm³/mol. The standard InChI is InChI=1S/C28H40O5/c1-19(9-10-21-17-22(29)16-20(2)25(21)33-7)15-23(30)18-27(5)12-8-13-28(27,6)24(31)11-14-26(3,4)32/h9,11,14,16-17,29,32H,8,10,12-13,15,18H2,1-7H3/t27-,28+/m1/s1. The molecule has 1 fully saturated rings. The summed E-state index contributed by atoms with van der Waals surface area (Å²) >= 11 is 0. The predicted octanol–water partition coefficient (Wildman–Crippen LogP) is 5.64. The van der Waals surface area contributed by atoms with Gasteiger partial charge in [0.2, 0.25) is 0 Å². The minimum atomic E-state index is -1.05. The number of ketones is 2. The summed E-state index contributed by atoms with van der Waals surface area (Å²) in [5, 5.41) is 19.9. The first kappa shape index (κ1) is 26.8. The van der Waals surface area contributed by atoms with E-state index in [-0.39, 0.29) is 17.3 Å². The molecule has 5 nitrogen and oxygen atoms in total. The van der Waals surface area contributed by atoms with Gasteiger partial charge in [0.05, 0.1) is 12.7 Å². The lowest BCUT2D eigenvalue weighted by Gasteiger charge is -2.39. The number of hydrogen-bond acceptors (Lipinski definition) is 5. The van der Waals surface area contributed by atoms with Crippen LogP contribution in [0, 0.1) is 17.8 Å². The van der Waals surface area contributed by atoms with Gasteiger partial charge in [0.15, 0.2) is 5.78 Å². The molecule has 1 aliphatic carbocycles. The number of carbonyl (C=O) groups excluding carboxylic acids is 2. The smallest absolute Gasteiger partial charge is 0.161 e. The summed E-state index contributed by atoms with van der Waals surface area (Å²) in [5.74, 6) is 1.05. The molecule has 1 aromatic carbocycles. The summed E-state index contributed by atoms with van der Waals surface area (Å²) in [5.41, 5.74) is 0.633. The molecular formula is C28H40O5. The second-order valence-electron chi connectivity index (χ2n) is 10.7. The van der Waals surface area contributed by atoms with Crippen LogP contribution in [0.5, 0.6) is 11.5 Å². The molecule has 0 unspecified atom stereocenters. The minimum Gasteiger partial charge on any atom is -0.508 e. The van der Waals surface area contributed by atoms with Crippen LogP contribution in [0.15, 0.2) is 35.9 Å². The fourth-order valence-electron chi connectivity index (χ4n) is 5.01. The maximum atomic E-state index is 13.1. The van der Waals surface area contributed by atoms with Gasteiger partial charge in [0.25, 0.3) is 0 Å². The van der Waals surface area contributed by atoms with Crippen LogP contribution >= 0.6 is 0 Å². The van der Waals surface area contributed by atoms with Crippen LogP contribution in [0.4, 0.5) is 0 Å². The maximum Gasteiger partial charge on any atom is 0.161 e. The Kier molecular flexibility index (Phi) is 8.34. The first-order chi connectivity index (χ1) is 15.2. The number of carbonyl (C=O) groups is 2. The highest BCUT2D eigenvalue weighted by Gasteiger charge is 2.52. The average Bonchev–Trinajstić information content (AvgIpc) is 2.98. The molecule has 5 heteroatoms. The van der Waals surface area contributed by atoms with Gasteiger partial charge >= 0.3 is 0 Å². The lowest BCUT2D eigenvalue weighted by atomic mass is 9.63. The van der Waals surface area contributed by atoms with Crippen LogP contribution in [0.25, 0.3) is 0 Å². The van der Waals surface area contributed by atoms with Gasteiger partial charge < -0.3 is 14.9 Å². The van der Waals surface area contributed by atoms with Crippen molar-refractivity contribution in [2.45, 2.75) is 85.7 Å². The molecule has 0 spiro atoms. The molecule has 2 N–H and O–H groups in total. The Morgan fingerprint density at radius 2 is 1.88 bits per heavy atom. The van der Waals surface area contributed by atoms with E-state index in [0.29, 0.717) is 19.3 Å². The van der Waals surface area contributed by atoms with Gasteiger partial charge in [0, 0.05) is 23.8 Å². The summed E-state index contributed by atoms with van der Waals surface area (Å²) in [6, 6.07) is 3.36. The molecule has 0 aromatic heterocycles. The highest BCUT2D eigenvalue weighted by molar-refractivity contribution is 5.96. The largest absolute Gasteiger partial charge is 0.508 e. The number of allylic oxidation sites excluding steroid dienone is 3. The van der Waals surface area contributed by atoms with E-state index in [1.54, 1.807) is 33.1 Å². The number of aryl methyl sites for hydroxylation is 1. The van der Waals surface area contributed by atoms with Crippen molar-refractivity contribution in [3.8, 4) is 11.5 Å². The van der Waals surface area contributed by atoms with Crippen molar-refractivity contribution < 1.29 is 24.5 Å². The number of ether oxygens (including phenoxy) is 1. The summed E-state index contributed by atoms with van der Waals surface area (Å²) in [4.78, 5) is 26.1. The second-order valence-corrected chi connectivity index (χ2v) is 10.7. The lowest BCUT2D eigenvalue weighted by Crippen LogP contribution is -2.40. The van der Waals surface area contributed by atoms with E-state index in [2.05, 4.69) is 0 Å². The van der Waals surface area contributed by atoms with Crippen molar-refractivity contribution in [2.75, 3.05) is 7.11 Å². The van der Waals surface area contributed by atoms with Gasteiger partial charge in [-0.15, -0.1) is 0 Å². The molecular weight excluding hydrogens is 416 g/mol. The molecule has 0 saturated heterocycles. The molecule has 182 valence electrons. The Labute approximate surface area is 198 Å².